The van der Waals surface area contributed by atoms with Gasteiger partial charge in [0.2, 0.25) is 0 Å². The summed E-state index contributed by atoms with van der Waals surface area (Å²) >= 11 is 1.59. The maximum atomic E-state index is 12.8. The first-order valence-corrected chi connectivity index (χ1v) is 9.88. The fourth-order valence-corrected chi connectivity index (χ4v) is 3.91. The molecule has 0 atom stereocenters. The van der Waals surface area contributed by atoms with Gasteiger partial charge in [0, 0.05) is 40.8 Å². The van der Waals surface area contributed by atoms with Gasteiger partial charge in [-0.1, -0.05) is 12.1 Å². The van der Waals surface area contributed by atoms with Gasteiger partial charge in [0.25, 0.3) is 11.8 Å². The van der Waals surface area contributed by atoms with Crippen molar-refractivity contribution in [1.82, 2.24) is 4.98 Å². The van der Waals surface area contributed by atoms with Crippen LogP contribution in [0.1, 0.15) is 27.7 Å². The number of carbonyl (C=O) groups is 2. The van der Waals surface area contributed by atoms with Crippen molar-refractivity contribution in [1.29, 1.82) is 0 Å². The normalized spacial score (nSPS) is 13.3. The third-order valence-corrected chi connectivity index (χ3v) is 5.47. The molecule has 3 heterocycles. The molecule has 5 nitrogen and oxygen atoms in total. The number of hydrogen-bond acceptors (Lipinski definition) is 4. The summed E-state index contributed by atoms with van der Waals surface area (Å²) in [5, 5.41) is 4.91. The van der Waals surface area contributed by atoms with Crippen LogP contribution in [0.4, 0.5) is 11.4 Å². The zero-order chi connectivity index (χ0) is 19.5. The van der Waals surface area contributed by atoms with Crippen molar-refractivity contribution < 1.29 is 9.59 Å². The molecular formula is C22H19N3O2S. The first kappa shape index (κ1) is 18.1. The van der Waals surface area contributed by atoms with Crippen LogP contribution in [0.15, 0.2) is 65.8 Å². The predicted octanol–water partition coefficient (Wildman–Crippen LogP) is 4.39. The van der Waals surface area contributed by atoms with E-state index in [0.29, 0.717) is 23.4 Å². The molecule has 1 N–H and O–H groups in total. The van der Waals surface area contributed by atoms with Gasteiger partial charge in [-0.25, -0.2) is 0 Å². The lowest BCUT2D eigenvalue weighted by Crippen LogP contribution is -2.29. The number of hydrogen-bond donors (Lipinski definition) is 1. The lowest BCUT2D eigenvalue weighted by Gasteiger charge is -2.18. The van der Waals surface area contributed by atoms with Crippen LogP contribution in [0.25, 0.3) is 6.08 Å². The van der Waals surface area contributed by atoms with Gasteiger partial charge in [-0.3, -0.25) is 14.6 Å². The van der Waals surface area contributed by atoms with E-state index in [2.05, 4.69) is 10.3 Å². The Hall–Kier alpha value is -3.25. The molecule has 0 unspecified atom stereocenters. The van der Waals surface area contributed by atoms with E-state index in [1.165, 1.54) is 0 Å². The summed E-state index contributed by atoms with van der Waals surface area (Å²) in [6.45, 7) is 2.42. The second-order valence-corrected chi connectivity index (χ2v) is 7.57. The fourth-order valence-electron chi connectivity index (χ4n) is 3.20. The summed E-state index contributed by atoms with van der Waals surface area (Å²) in [5.41, 5.74) is 3.80. The van der Waals surface area contributed by atoms with Crippen molar-refractivity contribution in [3.05, 3.63) is 81.8 Å². The first-order chi connectivity index (χ1) is 13.6. The van der Waals surface area contributed by atoms with E-state index in [1.807, 2.05) is 41.8 Å². The number of carbonyl (C=O) groups excluding carboxylic acids is 2. The van der Waals surface area contributed by atoms with Crippen molar-refractivity contribution in [3.8, 4) is 0 Å². The van der Waals surface area contributed by atoms with E-state index in [0.717, 1.165) is 22.5 Å². The summed E-state index contributed by atoms with van der Waals surface area (Å²) in [4.78, 5) is 32.1. The third-order valence-electron chi connectivity index (χ3n) is 4.65. The average molecular weight is 389 g/mol. The Morgan fingerprint density at radius 1 is 1.21 bits per heavy atom. The molecule has 0 fully saturated rings. The predicted molar refractivity (Wildman–Crippen MR) is 113 cm³/mol. The van der Waals surface area contributed by atoms with Gasteiger partial charge >= 0.3 is 0 Å². The number of nitrogens with zero attached hydrogens (tertiary/aromatic N) is 2. The van der Waals surface area contributed by atoms with Crippen LogP contribution in [0, 0.1) is 0 Å². The number of fused-ring (bicyclic) bond motifs is 1. The second-order valence-electron chi connectivity index (χ2n) is 6.59. The highest BCUT2D eigenvalue weighted by atomic mass is 32.1. The van der Waals surface area contributed by atoms with Gasteiger partial charge < -0.3 is 10.2 Å². The number of anilines is 2. The Balaban J connectivity index is 1.54. The summed E-state index contributed by atoms with van der Waals surface area (Å²) in [7, 11) is 0. The molecule has 0 aliphatic carbocycles. The molecule has 0 saturated heterocycles. The molecular weight excluding hydrogens is 370 g/mol. The minimum Gasteiger partial charge on any atom is -0.322 e. The van der Waals surface area contributed by atoms with E-state index in [4.69, 9.17) is 0 Å². The topological polar surface area (TPSA) is 62.3 Å². The molecule has 0 bridgehead atoms. The number of thiophene rings is 1. The smallest absolute Gasteiger partial charge is 0.259 e. The van der Waals surface area contributed by atoms with Crippen molar-refractivity contribution >= 4 is 40.6 Å². The SMILES string of the molecule is C/C(=C\c1cccs1)C(=O)Nc1ccc2c(c1)N(C(=O)c1cccnc1)CC2. The van der Waals surface area contributed by atoms with Gasteiger partial charge in [0.1, 0.15) is 0 Å². The van der Waals surface area contributed by atoms with Crippen LogP contribution in [0.5, 0.6) is 0 Å². The molecule has 1 aliphatic rings. The molecule has 140 valence electrons. The Morgan fingerprint density at radius 3 is 2.86 bits per heavy atom. The number of aromatic nitrogens is 1. The summed E-state index contributed by atoms with van der Waals surface area (Å²) < 4.78 is 0. The fraction of sp³-hybridized carbons (Fsp3) is 0.136. The highest BCUT2D eigenvalue weighted by Gasteiger charge is 2.26. The Labute approximate surface area is 167 Å². The molecule has 0 spiro atoms. The van der Waals surface area contributed by atoms with E-state index >= 15 is 0 Å². The Bertz CT molecular complexity index is 1040. The molecule has 1 aliphatic heterocycles. The highest BCUT2D eigenvalue weighted by molar-refractivity contribution is 7.10. The van der Waals surface area contributed by atoms with E-state index in [-0.39, 0.29) is 11.8 Å². The first-order valence-electron chi connectivity index (χ1n) is 9.00. The van der Waals surface area contributed by atoms with Gasteiger partial charge in [-0.2, -0.15) is 0 Å². The number of pyridine rings is 1. The van der Waals surface area contributed by atoms with Crippen LogP contribution in [-0.2, 0) is 11.2 Å². The highest BCUT2D eigenvalue weighted by Crippen LogP contribution is 2.32. The van der Waals surface area contributed by atoms with Gasteiger partial charge in [0.15, 0.2) is 0 Å². The number of amides is 2. The molecule has 3 aromatic rings. The lowest BCUT2D eigenvalue weighted by atomic mass is 10.1. The van der Waals surface area contributed by atoms with Crippen LogP contribution < -0.4 is 10.2 Å². The third kappa shape index (κ3) is 3.73. The second kappa shape index (κ2) is 7.78. The van der Waals surface area contributed by atoms with E-state index in [9.17, 15) is 9.59 Å². The summed E-state index contributed by atoms with van der Waals surface area (Å²) in [6, 6.07) is 13.2. The number of benzene rings is 1. The van der Waals surface area contributed by atoms with Crippen molar-refractivity contribution in [2.45, 2.75) is 13.3 Å². The van der Waals surface area contributed by atoms with Crippen LogP contribution >= 0.6 is 11.3 Å². The van der Waals surface area contributed by atoms with Crippen LogP contribution in [0.3, 0.4) is 0 Å². The average Bonchev–Trinajstić information content (AvgIpc) is 3.37. The molecule has 1 aromatic carbocycles. The summed E-state index contributed by atoms with van der Waals surface area (Å²) in [6.07, 6.45) is 5.89. The quantitative estimate of drug-likeness (QED) is 0.673. The van der Waals surface area contributed by atoms with E-state index < -0.39 is 0 Å². The maximum Gasteiger partial charge on any atom is 0.259 e. The zero-order valence-corrected chi connectivity index (χ0v) is 16.2. The minimum absolute atomic E-state index is 0.0795. The largest absolute Gasteiger partial charge is 0.322 e. The monoisotopic (exact) mass is 389 g/mol. The molecule has 2 aromatic heterocycles. The minimum atomic E-state index is -0.156. The Kier molecular flexibility index (Phi) is 5.04. The van der Waals surface area contributed by atoms with Gasteiger partial charge in [-0.15, -0.1) is 11.3 Å². The standard InChI is InChI=1S/C22H19N3O2S/c1-15(12-19-5-3-11-28-19)21(26)24-18-7-6-16-8-10-25(20(16)13-18)22(27)17-4-2-9-23-14-17/h2-7,9,11-14H,8,10H2,1H3,(H,24,26)/b15-12+. The molecule has 4 rings (SSSR count). The zero-order valence-electron chi connectivity index (χ0n) is 15.4. The van der Waals surface area contributed by atoms with Crippen molar-refractivity contribution in [3.63, 3.8) is 0 Å². The molecule has 0 radical (unpaired) electrons. The lowest BCUT2D eigenvalue weighted by molar-refractivity contribution is -0.112. The number of nitrogens with one attached hydrogen (secondary N) is 1. The maximum absolute atomic E-state index is 12.8. The van der Waals surface area contributed by atoms with Crippen LogP contribution in [-0.4, -0.2) is 23.3 Å². The Morgan fingerprint density at radius 2 is 2.11 bits per heavy atom. The summed E-state index contributed by atoms with van der Waals surface area (Å²) in [5.74, 6) is -0.236. The van der Waals surface area contributed by atoms with Crippen LogP contribution in [0.2, 0.25) is 0 Å². The molecule has 2 amide bonds. The van der Waals surface area contributed by atoms with Gasteiger partial charge in [0.05, 0.1) is 5.56 Å². The molecule has 0 saturated carbocycles. The number of rotatable bonds is 4. The van der Waals surface area contributed by atoms with Gasteiger partial charge in [-0.05, 0) is 60.7 Å². The van der Waals surface area contributed by atoms with Crippen molar-refractivity contribution in [2.75, 3.05) is 16.8 Å². The van der Waals surface area contributed by atoms with E-state index in [1.54, 1.807) is 47.7 Å². The van der Waals surface area contributed by atoms with Crippen molar-refractivity contribution in [2.24, 2.45) is 0 Å². The molecule has 6 heteroatoms. The molecule has 28 heavy (non-hydrogen) atoms.